The lowest BCUT2D eigenvalue weighted by atomic mass is 10.2. The van der Waals surface area contributed by atoms with Crippen molar-refractivity contribution in [3.63, 3.8) is 0 Å². The van der Waals surface area contributed by atoms with Crippen LogP contribution in [0.3, 0.4) is 0 Å². The van der Waals surface area contributed by atoms with Crippen LogP contribution in [-0.2, 0) is 0 Å². The van der Waals surface area contributed by atoms with E-state index in [0.29, 0.717) is 4.99 Å². The Bertz CT molecular complexity index is 401. The van der Waals surface area contributed by atoms with Gasteiger partial charge in [0, 0.05) is 19.3 Å². The Morgan fingerprint density at radius 3 is 2.94 bits per heavy atom. The number of nitrogens with two attached hydrogens (primary N) is 1. The van der Waals surface area contributed by atoms with Crippen LogP contribution in [0.25, 0.3) is 0 Å². The van der Waals surface area contributed by atoms with Gasteiger partial charge in [0.15, 0.2) is 0 Å². The third kappa shape index (κ3) is 3.16. The highest BCUT2D eigenvalue weighted by Crippen LogP contribution is 2.32. The Hall–Kier alpha value is -1.16. The van der Waals surface area contributed by atoms with E-state index in [1.54, 1.807) is 6.20 Å². The summed E-state index contributed by atoms with van der Waals surface area (Å²) < 4.78 is 0. The van der Waals surface area contributed by atoms with Gasteiger partial charge in [-0.1, -0.05) is 19.1 Å². The fraction of sp³-hybridized carbons (Fsp3) is 0.538. The highest BCUT2D eigenvalue weighted by Gasteiger charge is 2.25. The van der Waals surface area contributed by atoms with E-state index in [1.165, 1.54) is 12.8 Å². The Balaban J connectivity index is 2.23. The van der Waals surface area contributed by atoms with Crippen LogP contribution >= 0.6 is 12.2 Å². The van der Waals surface area contributed by atoms with Crippen molar-refractivity contribution in [3.8, 4) is 0 Å². The minimum Gasteiger partial charge on any atom is -0.388 e. The lowest BCUT2D eigenvalue weighted by molar-refractivity contribution is 0.706. The second-order valence-electron chi connectivity index (χ2n) is 4.62. The van der Waals surface area contributed by atoms with Crippen LogP contribution in [0.15, 0.2) is 18.3 Å². The molecule has 0 radical (unpaired) electrons. The van der Waals surface area contributed by atoms with E-state index in [2.05, 4.69) is 22.9 Å². The zero-order valence-corrected chi connectivity index (χ0v) is 11.0. The summed E-state index contributed by atoms with van der Waals surface area (Å²) in [5.74, 6) is 0.848. The average Bonchev–Trinajstić information content (AvgIpc) is 3.12. The molecule has 0 saturated heterocycles. The molecule has 4 heteroatoms. The molecule has 1 saturated carbocycles. The summed E-state index contributed by atoms with van der Waals surface area (Å²) >= 11 is 5.07. The maximum Gasteiger partial charge on any atom is 0.124 e. The molecular formula is C13H19N3S. The number of thiocarbonyl (C=S) groups is 1. The van der Waals surface area contributed by atoms with Gasteiger partial charge < -0.3 is 10.6 Å². The lowest BCUT2D eigenvalue weighted by Gasteiger charge is -2.25. The van der Waals surface area contributed by atoms with Gasteiger partial charge in [-0.15, -0.1) is 0 Å². The number of rotatable bonds is 6. The van der Waals surface area contributed by atoms with Crippen molar-refractivity contribution in [3.05, 3.63) is 24.0 Å². The van der Waals surface area contributed by atoms with Crippen molar-refractivity contribution >= 4 is 22.9 Å². The summed E-state index contributed by atoms with van der Waals surface area (Å²) in [6.45, 7) is 4.34. The maximum atomic E-state index is 5.74. The highest BCUT2D eigenvalue weighted by molar-refractivity contribution is 7.80. The number of nitrogens with zero attached hydrogens (tertiary/aromatic N) is 2. The molecule has 92 valence electrons. The molecule has 1 fully saturated rings. The molecule has 0 aliphatic heterocycles. The summed E-state index contributed by atoms with van der Waals surface area (Å²) in [5.41, 5.74) is 7.59. The molecule has 0 atom stereocenters. The summed E-state index contributed by atoms with van der Waals surface area (Å²) in [7, 11) is 0. The van der Waals surface area contributed by atoms with Crippen LogP contribution in [0.5, 0.6) is 0 Å². The molecule has 0 spiro atoms. The normalized spacial score (nSPS) is 14.6. The van der Waals surface area contributed by atoms with Crippen molar-refractivity contribution in [1.29, 1.82) is 0 Å². The fourth-order valence-electron chi connectivity index (χ4n) is 2.03. The number of aromatic nitrogens is 1. The lowest BCUT2D eigenvalue weighted by Crippen LogP contribution is -2.29. The van der Waals surface area contributed by atoms with Gasteiger partial charge in [-0.3, -0.25) is 4.98 Å². The molecule has 1 aliphatic rings. The number of pyridine rings is 1. The van der Waals surface area contributed by atoms with Gasteiger partial charge in [0.2, 0.25) is 0 Å². The molecule has 17 heavy (non-hydrogen) atoms. The van der Waals surface area contributed by atoms with Gasteiger partial charge in [-0.2, -0.15) is 0 Å². The summed E-state index contributed by atoms with van der Waals surface area (Å²) in [6.07, 6.45) is 5.57. The third-order valence-electron chi connectivity index (χ3n) is 3.03. The zero-order valence-electron chi connectivity index (χ0n) is 10.2. The van der Waals surface area contributed by atoms with E-state index in [4.69, 9.17) is 18.0 Å². The molecule has 1 aliphatic carbocycles. The van der Waals surface area contributed by atoms with Crippen LogP contribution in [0, 0.1) is 5.92 Å². The van der Waals surface area contributed by atoms with Crippen molar-refractivity contribution in [2.75, 3.05) is 18.0 Å². The molecule has 3 nitrogen and oxygen atoms in total. The van der Waals surface area contributed by atoms with E-state index >= 15 is 0 Å². The van der Waals surface area contributed by atoms with Crippen LogP contribution in [0.1, 0.15) is 31.9 Å². The highest BCUT2D eigenvalue weighted by atomic mass is 32.1. The molecule has 1 aromatic rings. The average molecular weight is 249 g/mol. The standard InChI is InChI=1S/C13H19N3S/c1-2-8-16(9-10-5-6-10)11-4-3-7-15-12(11)13(14)17/h3-4,7,10H,2,5-6,8-9H2,1H3,(H2,14,17). The van der Waals surface area contributed by atoms with Crippen LogP contribution < -0.4 is 10.6 Å². The summed E-state index contributed by atoms with van der Waals surface area (Å²) in [6, 6.07) is 4.02. The molecule has 2 rings (SSSR count). The molecule has 1 heterocycles. The maximum absolute atomic E-state index is 5.74. The van der Waals surface area contributed by atoms with Crippen LogP contribution in [-0.4, -0.2) is 23.1 Å². The third-order valence-corrected chi connectivity index (χ3v) is 3.22. The van der Waals surface area contributed by atoms with E-state index in [-0.39, 0.29) is 0 Å². The second-order valence-corrected chi connectivity index (χ2v) is 5.06. The first-order valence-corrected chi connectivity index (χ1v) is 6.63. The number of hydrogen-bond acceptors (Lipinski definition) is 3. The SMILES string of the molecule is CCCN(CC1CC1)c1cccnc1C(N)=S. The first-order chi connectivity index (χ1) is 8.22. The molecule has 0 unspecified atom stereocenters. The first-order valence-electron chi connectivity index (χ1n) is 6.22. The zero-order chi connectivity index (χ0) is 12.3. The predicted molar refractivity (Wildman–Crippen MR) is 75.4 cm³/mol. The molecule has 0 aromatic carbocycles. The molecule has 2 N–H and O–H groups in total. The van der Waals surface area contributed by atoms with Gasteiger partial charge in [0.1, 0.15) is 10.7 Å². The molecule has 0 bridgehead atoms. The molecule has 0 amide bonds. The van der Waals surface area contributed by atoms with Crippen molar-refractivity contribution < 1.29 is 0 Å². The van der Waals surface area contributed by atoms with Gasteiger partial charge in [-0.25, -0.2) is 0 Å². The van der Waals surface area contributed by atoms with Gasteiger partial charge in [-0.05, 0) is 37.3 Å². The Kier molecular flexibility index (Phi) is 3.94. The smallest absolute Gasteiger partial charge is 0.124 e. The van der Waals surface area contributed by atoms with E-state index in [9.17, 15) is 0 Å². The van der Waals surface area contributed by atoms with Crippen LogP contribution in [0.4, 0.5) is 5.69 Å². The van der Waals surface area contributed by atoms with E-state index in [0.717, 1.165) is 36.8 Å². The fourth-order valence-corrected chi connectivity index (χ4v) is 2.19. The second kappa shape index (κ2) is 5.45. The Morgan fingerprint density at radius 2 is 2.35 bits per heavy atom. The van der Waals surface area contributed by atoms with Crippen LogP contribution in [0.2, 0.25) is 0 Å². The van der Waals surface area contributed by atoms with Crippen molar-refractivity contribution in [2.45, 2.75) is 26.2 Å². The first kappa shape index (κ1) is 12.3. The topological polar surface area (TPSA) is 42.2 Å². The summed E-state index contributed by atoms with van der Waals surface area (Å²) in [4.78, 5) is 7.06. The predicted octanol–water partition coefficient (Wildman–Crippen LogP) is 2.34. The largest absolute Gasteiger partial charge is 0.388 e. The molecular weight excluding hydrogens is 230 g/mol. The van der Waals surface area contributed by atoms with Crippen molar-refractivity contribution in [1.82, 2.24) is 4.98 Å². The van der Waals surface area contributed by atoms with Gasteiger partial charge in [0.05, 0.1) is 5.69 Å². The monoisotopic (exact) mass is 249 g/mol. The number of hydrogen-bond donors (Lipinski definition) is 1. The molecule has 1 aromatic heterocycles. The van der Waals surface area contributed by atoms with Gasteiger partial charge >= 0.3 is 0 Å². The van der Waals surface area contributed by atoms with Crippen molar-refractivity contribution in [2.24, 2.45) is 11.7 Å². The van der Waals surface area contributed by atoms with E-state index in [1.807, 2.05) is 6.07 Å². The summed E-state index contributed by atoms with van der Waals surface area (Å²) in [5, 5.41) is 0. The van der Waals surface area contributed by atoms with E-state index < -0.39 is 0 Å². The number of anilines is 1. The Labute approximate surface area is 108 Å². The quantitative estimate of drug-likeness (QED) is 0.786. The van der Waals surface area contributed by atoms with Gasteiger partial charge in [0.25, 0.3) is 0 Å². The minimum atomic E-state index is 0.387. The Morgan fingerprint density at radius 1 is 1.59 bits per heavy atom. The minimum absolute atomic E-state index is 0.387.